The van der Waals surface area contributed by atoms with Gasteiger partial charge in [-0.15, -0.1) is 0 Å². The Morgan fingerprint density at radius 3 is 1.86 bits per heavy atom. The molecule has 0 bridgehead atoms. The third-order valence-electron chi connectivity index (χ3n) is 2.67. The first-order valence-corrected chi connectivity index (χ1v) is 6.02. The van der Waals surface area contributed by atoms with Crippen LogP contribution in [0.1, 0.15) is 5.56 Å². The van der Waals surface area contributed by atoms with Gasteiger partial charge in [-0.2, -0.15) is 0 Å². The van der Waals surface area contributed by atoms with Gasteiger partial charge in [0.2, 0.25) is 5.82 Å². The van der Waals surface area contributed by atoms with Crippen molar-refractivity contribution in [2.75, 3.05) is 0 Å². The van der Waals surface area contributed by atoms with Gasteiger partial charge in [-0.3, -0.25) is 4.98 Å². The minimum absolute atomic E-state index is 0.116. The molecular formula is C12H4Cl2F5NO. The Balaban J connectivity index is 2.86. The van der Waals surface area contributed by atoms with Gasteiger partial charge in [-0.25, -0.2) is 22.0 Å². The molecule has 21 heavy (non-hydrogen) atoms. The van der Waals surface area contributed by atoms with Crippen LogP contribution >= 0.6 is 23.2 Å². The Morgan fingerprint density at radius 1 is 0.905 bits per heavy atom. The standard InChI is InChI=1S/C12H4Cl2F5NO/c13-4-1-20-12(6(14)3(4)2-21)5-7(15)9(17)11(19)10(18)8(5)16/h1,21H,2H2. The van der Waals surface area contributed by atoms with Gasteiger partial charge in [0, 0.05) is 11.8 Å². The molecule has 0 saturated carbocycles. The lowest BCUT2D eigenvalue weighted by Gasteiger charge is -2.12. The van der Waals surface area contributed by atoms with E-state index in [9.17, 15) is 22.0 Å². The molecule has 0 unspecified atom stereocenters. The number of halogens is 7. The lowest BCUT2D eigenvalue weighted by atomic mass is 10.1. The summed E-state index contributed by atoms with van der Waals surface area (Å²) in [5.41, 5.74) is -2.15. The monoisotopic (exact) mass is 343 g/mol. The molecular weight excluding hydrogens is 340 g/mol. The highest BCUT2D eigenvalue weighted by molar-refractivity contribution is 6.37. The van der Waals surface area contributed by atoms with Crippen molar-refractivity contribution in [1.29, 1.82) is 0 Å². The van der Waals surface area contributed by atoms with Crippen LogP contribution in [0, 0.1) is 29.1 Å². The van der Waals surface area contributed by atoms with E-state index in [2.05, 4.69) is 4.98 Å². The van der Waals surface area contributed by atoms with Crippen LogP contribution < -0.4 is 0 Å². The lowest BCUT2D eigenvalue weighted by Crippen LogP contribution is -2.06. The summed E-state index contributed by atoms with van der Waals surface area (Å²) in [4.78, 5) is 3.48. The first-order valence-electron chi connectivity index (χ1n) is 5.26. The highest BCUT2D eigenvalue weighted by Gasteiger charge is 2.29. The van der Waals surface area contributed by atoms with Gasteiger partial charge >= 0.3 is 0 Å². The summed E-state index contributed by atoms with van der Waals surface area (Å²) in [5, 5.41) is 8.45. The van der Waals surface area contributed by atoms with E-state index in [0.29, 0.717) is 0 Å². The van der Waals surface area contributed by atoms with Crippen LogP contribution in [0.15, 0.2) is 6.20 Å². The van der Waals surface area contributed by atoms with E-state index in [4.69, 9.17) is 28.3 Å². The lowest BCUT2D eigenvalue weighted by molar-refractivity contribution is 0.282. The number of pyridine rings is 1. The van der Waals surface area contributed by atoms with Crippen molar-refractivity contribution in [1.82, 2.24) is 4.98 Å². The Morgan fingerprint density at radius 2 is 1.38 bits per heavy atom. The van der Waals surface area contributed by atoms with E-state index >= 15 is 0 Å². The van der Waals surface area contributed by atoms with Crippen molar-refractivity contribution in [3.8, 4) is 11.3 Å². The maximum atomic E-state index is 13.7. The van der Waals surface area contributed by atoms with Crippen molar-refractivity contribution in [2.45, 2.75) is 6.61 Å². The van der Waals surface area contributed by atoms with Crippen molar-refractivity contribution < 1.29 is 27.1 Å². The smallest absolute Gasteiger partial charge is 0.200 e. The normalized spacial score (nSPS) is 11.0. The summed E-state index contributed by atoms with van der Waals surface area (Å²) < 4.78 is 66.7. The first-order chi connectivity index (χ1) is 9.81. The second kappa shape index (κ2) is 5.75. The zero-order chi connectivity index (χ0) is 15.9. The third-order valence-corrected chi connectivity index (χ3v) is 3.41. The minimum atomic E-state index is -2.29. The molecule has 2 rings (SSSR count). The minimum Gasteiger partial charge on any atom is -0.392 e. The fourth-order valence-corrected chi connectivity index (χ4v) is 2.19. The maximum Gasteiger partial charge on any atom is 0.200 e. The maximum absolute atomic E-state index is 13.7. The number of hydrogen-bond acceptors (Lipinski definition) is 2. The van der Waals surface area contributed by atoms with Gasteiger partial charge in [-0.1, -0.05) is 23.2 Å². The zero-order valence-electron chi connectivity index (χ0n) is 9.82. The molecule has 0 radical (unpaired) electrons. The van der Waals surface area contributed by atoms with Crippen LogP contribution in [0.5, 0.6) is 0 Å². The largest absolute Gasteiger partial charge is 0.392 e. The molecule has 0 atom stereocenters. The van der Waals surface area contributed by atoms with Crippen molar-refractivity contribution in [3.63, 3.8) is 0 Å². The molecule has 2 nitrogen and oxygen atoms in total. The number of aliphatic hydroxyl groups is 1. The summed E-state index contributed by atoms with van der Waals surface area (Å²) in [5.74, 6) is -10.7. The molecule has 0 aliphatic rings. The predicted molar refractivity (Wildman–Crippen MR) is 65.4 cm³/mol. The summed E-state index contributed by atoms with van der Waals surface area (Å²) in [6.45, 7) is -0.706. The molecule has 1 aromatic heterocycles. The fraction of sp³-hybridized carbons (Fsp3) is 0.0833. The SMILES string of the molecule is OCc1c(Cl)cnc(-c2c(F)c(F)c(F)c(F)c2F)c1Cl. The second-order valence-corrected chi connectivity index (χ2v) is 4.64. The summed E-state index contributed by atoms with van der Waals surface area (Å²) in [7, 11) is 0. The second-order valence-electron chi connectivity index (χ2n) is 3.85. The number of aliphatic hydroxyl groups excluding tert-OH is 1. The molecule has 0 spiro atoms. The third kappa shape index (κ3) is 2.45. The molecule has 1 aromatic carbocycles. The van der Waals surface area contributed by atoms with Gasteiger partial charge in [0.1, 0.15) is 0 Å². The van der Waals surface area contributed by atoms with Crippen LogP contribution in [0.3, 0.4) is 0 Å². The van der Waals surface area contributed by atoms with E-state index in [-0.39, 0.29) is 10.6 Å². The van der Waals surface area contributed by atoms with Crippen LogP contribution in [0.4, 0.5) is 22.0 Å². The Labute approximate surface area is 124 Å². The van der Waals surface area contributed by atoms with Gasteiger partial charge in [0.15, 0.2) is 23.3 Å². The fourth-order valence-electron chi connectivity index (χ4n) is 1.64. The molecule has 0 amide bonds. The van der Waals surface area contributed by atoms with Gasteiger partial charge < -0.3 is 5.11 Å². The van der Waals surface area contributed by atoms with E-state index in [0.717, 1.165) is 6.20 Å². The van der Waals surface area contributed by atoms with E-state index in [1.807, 2.05) is 0 Å². The van der Waals surface area contributed by atoms with E-state index in [1.54, 1.807) is 0 Å². The Hall–Kier alpha value is -1.44. The highest BCUT2D eigenvalue weighted by Crippen LogP contribution is 2.37. The van der Waals surface area contributed by atoms with Gasteiger partial charge in [0.25, 0.3) is 0 Å². The van der Waals surface area contributed by atoms with E-state index < -0.39 is 52.0 Å². The Kier molecular flexibility index (Phi) is 4.36. The van der Waals surface area contributed by atoms with Crippen LogP contribution in [0.2, 0.25) is 10.0 Å². The quantitative estimate of drug-likeness (QED) is 0.502. The highest BCUT2D eigenvalue weighted by atomic mass is 35.5. The number of hydrogen-bond donors (Lipinski definition) is 1. The number of rotatable bonds is 2. The number of nitrogens with zero attached hydrogens (tertiary/aromatic N) is 1. The summed E-state index contributed by atoms with van der Waals surface area (Å²) >= 11 is 11.4. The molecule has 2 aromatic rings. The van der Waals surface area contributed by atoms with E-state index in [1.165, 1.54) is 0 Å². The van der Waals surface area contributed by atoms with Crippen molar-refractivity contribution >= 4 is 23.2 Å². The molecule has 0 saturated heterocycles. The summed E-state index contributed by atoms with van der Waals surface area (Å²) in [6.07, 6.45) is 0.881. The first kappa shape index (κ1) is 15.9. The van der Waals surface area contributed by atoms with Crippen molar-refractivity contribution in [3.05, 3.63) is 50.9 Å². The molecule has 1 N–H and O–H groups in total. The number of aromatic nitrogens is 1. The van der Waals surface area contributed by atoms with Gasteiger partial charge in [0.05, 0.1) is 27.9 Å². The zero-order valence-corrected chi connectivity index (χ0v) is 11.3. The number of benzene rings is 1. The predicted octanol–water partition coefficient (Wildman–Crippen LogP) is 4.24. The molecule has 0 fully saturated rings. The van der Waals surface area contributed by atoms with Crippen LogP contribution in [0.25, 0.3) is 11.3 Å². The van der Waals surface area contributed by atoms with Crippen LogP contribution in [-0.4, -0.2) is 10.1 Å². The molecule has 9 heteroatoms. The topological polar surface area (TPSA) is 33.1 Å². The van der Waals surface area contributed by atoms with Crippen LogP contribution in [-0.2, 0) is 6.61 Å². The Bertz CT molecular complexity index is 709. The molecule has 0 aliphatic carbocycles. The average molecular weight is 344 g/mol. The van der Waals surface area contributed by atoms with Gasteiger partial charge in [-0.05, 0) is 0 Å². The summed E-state index contributed by atoms with van der Waals surface area (Å²) in [6, 6.07) is 0. The molecule has 1 heterocycles. The molecule has 112 valence electrons. The average Bonchev–Trinajstić information content (AvgIpc) is 2.46. The van der Waals surface area contributed by atoms with Crippen molar-refractivity contribution in [2.24, 2.45) is 0 Å². The molecule has 0 aliphatic heterocycles.